The smallest absolute Gasteiger partial charge is 0.195 e. The number of aromatic nitrogens is 3. The molecule has 5 nitrogen and oxygen atoms in total. The van der Waals surface area contributed by atoms with Gasteiger partial charge >= 0.3 is 0 Å². The van der Waals surface area contributed by atoms with Crippen molar-refractivity contribution < 1.29 is 9.47 Å². The number of ether oxygens (including phenoxy) is 2. The Kier molecular flexibility index (Phi) is 5.65. The molecule has 0 spiro atoms. The molecule has 0 radical (unpaired) electrons. The first kappa shape index (κ1) is 13.3. The molecule has 0 aliphatic rings. The highest BCUT2D eigenvalue weighted by Crippen LogP contribution is 2.05. The van der Waals surface area contributed by atoms with E-state index in [1.807, 2.05) is 4.57 Å². The minimum absolute atomic E-state index is 0.00454. The van der Waals surface area contributed by atoms with Gasteiger partial charge in [-0.05, 0) is 18.6 Å². The van der Waals surface area contributed by atoms with Crippen LogP contribution in [0.5, 0.6) is 0 Å². The van der Waals surface area contributed by atoms with Crippen molar-refractivity contribution >= 4 is 12.2 Å². The molecule has 1 aromatic rings. The van der Waals surface area contributed by atoms with Crippen LogP contribution in [0, 0.1) is 4.77 Å². The van der Waals surface area contributed by atoms with Crippen LogP contribution in [0.4, 0.5) is 0 Å². The Bertz CT molecular complexity index is 361. The summed E-state index contributed by atoms with van der Waals surface area (Å²) in [7, 11) is 3.33. The van der Waals surface area contributed by atoms with Gasteiger partial charge in [0.15, 0.2) is 4.77 Å². The minimum Gasteiger partial charge on any atom is -0.382 e. The van der Waals surface area contributed by atoms with Crippen LogP contribution in [-0.2, 0) is 22.4 Å². The topological polar surface area (TPSA) is 52.1 Å². The number of hydrogen-bond acceptors (Lipinski definition) is 4. The predicted octanol–water partition coefficient (Wildman–Crippen LogP) is 1.55. The average molecular weight is 245 g/mol. The molecule has 16 heavy (non-hydrogen) atoms. The van der Waals surface area contributed by atoms with Gasteiger partial charge in [0, 0.05) is 20.6 Å². The van der Waals surface area contributed by atoms with E-state index in [0.29, 0.717) is 17.9 Å². The lowest BCUT2D eigenvalue weighted by molar-refractivity contribution is 0.0176. The summed E-state index contributed by atoms with van der Waals surface area (Å²) in [5, 5.41) is 7.02. The van der Waals surface area contributed by atoms with Gasteiger partial charge in [0.1, 0.15) is 5.82 Å². The van der Waals surface area contributed by atoms with Crippen molar-refractivity contribution in [3.63, 3.8) is 0 Å². The van der Waals surface area contributed by atoms with Gasteiger partial charge in [-0.2, -0.15) is 5.10 Å². The number of methoxy groups -OCH3 is 2. The van der Waals surface area contributed by atoms with Crippen molar-refractivity contribution in [3.05, 3.63) is 10.6 Å². The maximum Gasteiger partial charge on any atom is 0.195 e. The standard InChI is InChI=1S/C10H19N3O2S/c1-4-5-9-11-12-10(16)13(9)6-8(15-3)7-14-2/h8H,4-7H2,1-3H3,(H,12,16). The van der Waals surface area contributed by atoms with Crippen molar-refractivity contribution in [2.24, 2.45) is 0 Å². The van der Waals surface area contributed by atoms with Crippen molar-refractivity contribution in [1.29, 1.82) is 0 Å². The van der Waals surface area contributed by atoms with Crippen molar-refractivity contribution in [3.8, 4) is 0 Å². The van der Waals surface area contributed by atoms with E-state index in [1.54, 1.807) is 14.2 Å². The molecular weight excluding hydrogens is 226 g/mol. The van der Waals surface area contributed by atoms with Gasteiger partial charge < -0.3 is 14.0 Å². The highest BCUT2D eigenvalue weighted by atomic mass is 32.1. The number of aromatic amines is 1. The van der Waals surface area contributed by atoms with E-state index in [9.17, 15) is 0 Å². The summed E-state index contributed by atoms with van der Waals surface area (Å²) in [6, 6.07) is 0. The zero-order valence-corrected chi connectivity index (χ0v) is 10.8. The van der Waals surface area contributed by atoms with Crippen molar-refractivity contribution in [2.75, 3.05) is 20.8 Å². The molecule has 0 aliphatic carbocycles. The summed E-state index contributed by atoms with van der Waals surface area (Å²) >= 11 is 5.19. The van der Waals surface area contributed by atoms with Gasteiger partial charge in [0.2, 0.25) is 0 Å². The fraction of sp³-hybridized carbons (Fsp3) is 0.800. The second kappa shape index (κ2) is 6.78. The summed E-state index contributed by atoms with van der Waals surface area (Å²) in [6.07, 6.45) is 1.96. The van der Waals surface area contributed by atoms with Crippen LogP contribution < -0.4 is 0 Å². The molecule has 0 aliphatic heterocycles. The number of nitrogens with zero attached hydrogens (tertiary/aromatic N) is 2. The Balaban J connectivity index is 2.77. The van der Waals surface area contributed by atoms with Gasteiger partial charge in [0.05, 0.1) is 19.3 Å². The second-order valence-electron chi connectivity index (χ2n) is 3.62. The Labute approximate surface area is 101 Å². The molecule has 0 saturated heterocycles. The van der Waals surface area contributed by atoms with Crippen LogP contribution in [0.25, 0.3) is 0 Å². The summed E-state index contributed by atoms with van der Waals surface area (Å²) < 4.78 is 13.0. The number of rotatable bonds is 7. The minimum atomic E-state index is 0.00454. The molecule has 0 fully saturated rings. The van der Waals surface area contributed by atoms with Gasteiger partial charge in [-0.3, -0.25) is 5.10 Å². The molecular formula is C10H19N3O2S. The second-order valence-corrected chi connectivity index (χ2v) is 4.01. The molecule has 1 rings (SSSR count). The average Bonchev–Trinajstić information content (AvgIpc) is 2.61. The van der Waals surface area contributed by atoms with Gasteiger partial charge in [-0.1, -0.05) is 6.92 Å². The maximum absolute atomic E-state index is 5.32. The molecule has 0 saturated carbocycles. The fourth-order valence-electron chi connectivity index (χ4n) is 1.54. The molecule has 1 unspecified atom stereocenters. The third kappa shape index (κ3) is 3.40. The van der Waals surface area contributed by atoms with Crippen LogP contribution in [0.2, 0.25) is 0 Å². The van der Waals surface area contributed by atoms with E-state index in [1.165, 1.54) is 0 Å². The van der Waals surface area contributed by atoms with Gasteiger partial charge in [-0.15, -0.1) is 0 Å². The quantitative estimate of drug-likeness (QED) is 0.741. The normalized spacial score (nSPS) is 12.9. The van der Waals surface area contributed by atoms with Gasteiger partial charge in [-0.25, -0.2) is 0 Å². The van der Waals surface area contributed by atoms with E-state index in [4.69, 9.17) is 21.7 Å². The highest BCUT2D eigenvalue weighted by molar-refractivity contribution is 7.71. The van der Waals surface area contributed by atoms with Gasteiger partial charge in [0.25, 0.3) is 0 Å². The summed E-state index contributed by atoms with van der Waals surface area (Å²) in [5.41, 5.74) is 0. The van der Waals surface area contributed by atoms with Crippen molar-refractivity contribution in [1.82, 2.24) is 14.8 Å². The lowest BCUT2D eigenvalue weighted by Crippen LogP contribution is -2.24. The third-order valence-electron chi connectivity index (χ3n) is 2.38. The zero-order valence-electron chi connectivity index (χ0n) is 10.0. The molecule has 0 amide bonds. The Morgan fingerprint density at radius 3 is 2.81 bits per heavy atom. The van der Waals surface area contributed by atoms with Crippen LogP contribution in [0.3, 0.4) is 0 Å². The molecule has 1 atom stereocenters. The highest BCUT2D eigenvalue weighted by Gasteiger charge is 2.12. The molecule has 0 bridgehead atoms. The van der Waals surface area contributed by atoms with Crippen LogP contribution >= 0.6 is 12.2 Å². The molecule has 1 N–H and O–H groups in total. The summed E-state index contributed by atoms with van der Waals surface area (Å²) in [4.78, 5) is 0. The van der Waals surface area contributed by atoms with Crippen molar-refractivity contribution in [2.45, 2.75) is 32.4 Å². The monoisotopic (exact) mass is 245 g/mol. The number of aryl methyl sites for hydroxylation is 1. The SMILES string of the molecule is CCCc1n[nH]c(=S)n1CC(COC)OC. The first-order valence-electron chi connectivity index (χ1n) is 5.38. The first-order chi connectivity index (χ1) is 7.72. The largest absolute Gasteiger partial charge is 0.382 e. The number of nitrogens with one attached hydrogen (secondary N) is 1. The lowest BCUT2D eigenvalue weighted by atomic mass is 10.3. The Hall–Kier alpha value is -0.720. The number of hydrogen-bond donors (Lipinski definition) is 1. The summed E-state index contributed by atoms with van der Waals surface area (Å²) in [6.45, 7) is 3.34. The van der Waals surface area contributed by atoms with Crippen LogP contribution in [0.1, 0.15) is 19.2 Å². The van der Waals surface area contributed by atoms with E-state index in [2.05, 4.69) is 17.1 Å². The van der Waals surface area contributed by atoms with E-state index < -0.39 is 0 Å². The first-order valence-corrected chi connectivity index (χ1v) is 5.79. The summed E-state index contributed by atoms with van der Waals surface area (Å²) in [5.74, 6) is 0.977. The molecule has 0 aromatic carbocycles. The molecule has 92 valence electrons. The van der Waals surface area contributed by atoms with E-state index in [0.717, 1.165) is 18.7 Å². The lowest BCUT2D eigenvalue weighted by Gasteiger charge is -2.15. The van der Waals surface area contributed by atoms with Crippen LogP contribution in [0.15, 0.2) is 0 Å². The predicted molar refractivity (Wildman–Crippen MR) is 64.1 cm³/mol. The van der Waals surface area contributed by atoms with E-state index in [-0.39, 0.29) is 6.10 Å². The molecule has 1 aromatic heterocycles. The Morgan fingerprint density at radius 1 is 1.50 bits per heavy atom. The third-order valence-corrected chi connectivity index (χ3v) is 2.69. The molecule has 6 heteroatoms. The maximum atomic E-state index is 5.32. The fourth-order valence-corrected chi connectivity index (χ4v) is 1.76. The number of H-pyrrole nitrogens is 1. The zero-order chi connectivity index (χ0) is 12.0. The van der Waals surface area contributed by atoms with Crippen LogP contribution in [-0.4, -0.2) is 41.7 Å². The Morgan fingerprint density at radius 2 is 2.25 bits per heavy atom. The van der Waals surface area contributed by atoms with E-state index >= 15 is 0 Å². The molecule has 1 heterocycles.